The molecule has 2 N–H and O–H groups in total. The number of methoxy groups -OCH3 is 1. The van der Waals surface area contributed by atoms with E-state index in [2.05, 4.69) is 25.6 Å². The molecule has 0 unspecified atom stereocenters. The van der Waals surface area contributed by atoms with Crippen LogP contribution in [0, 0.1) is 10.1 Å². The first-order valence-electron chi connectivity index (χ1n) is 6.57. The highest BCUT2D eigenvalue weighted by atomic mass is 16.6. The second kappa shape index (κ2) is 7.84. The summed E-state index contributed by atoms with van der Waals surface area (Å²) in [4.78, 5) is 22.6. The Morgan fingerprint density at radius 1 is 1.32 bits per heavy atom. The smallest absolute Gasteiger partial charge is 0.353 e. The van der Waals surface area contributed by atoms with Crippen molar-refractivity contribution < 1.29 is 9.66 Å². The second-order valence-corrected chi connectivity index (χ2v) is 4.31. The number of nitro groups is 1. The maximum atomic E-state index is 11.3. The minimum absolute atomic E-state index is 0.156. The van der Waals surface area contributed by atoms with Crippen LogP contribution in [-0.4, -0.2) is 40.1 Å². The quantitative estimate of drug-likeness (QED) is 0.428. The average Bonchev–Trinajstić information content (AvgIpc) is 2.54. The van der Waals surface area contributed by atoms with E-state index in [9.17, 15) is 10.1 Å². The zero-order valence-electron chi connectivity index (χ0n) is 12.0. The molecule has 0 aliphatic heterocycles. The molecule has 0 aromatic carbocycles. The summed E-state index contributed by atoms with van der Waals surface area (Å²) in [5, 5.41) is 17.1. The predicted molar refractivity (Wildman–Crippen MR) is 80.6 cm³/mol. The van der Waals surface area contributed by atoms with E-state index < -0.39 is 4.92 Å². The Kier molecular flexibility index (Phi) is 5.55. The Morgan fingerprint density at radius 3 is 2.73 bits per heavy atom. The monoisotopic (exact) mass is 304 g/mol. The Bertz CT molecular complexity index is 622. The number of hydrogen-bond acceptors (Lipinski definition) is 8. The predicted octanol–water partition coefficient (Wildman–Crippen LogP) is 1.45. The van der Waals surface area contributed by atoms with Gasteiger partial charge in [0.05, 0.1) is 11.5 Å². The van der Waals surface area contributed by atoms with Gasteiger partial charge in [-0.25, -0.2) is 9.97 Å². The lowest BCUT2D eigenvalue weighted by molar-refractivity contribution is -0.383. The average molecular weight is 304 g/mol. The number of aromatic nitrogens is 3. The number of rotatable bonds is 8. The van der Waals surface area contributed by atoms with E-state index in [0.29, 0.717) is 19.7 Å². The molecule has 0 saturated heterocycles. The summed E-state index contributed by atoms with van der Waals surface area (Å²) in [5.74, 6) is 0.314. The van der Waals surface area contributed by atoms with E-state index in [1.807, 2.05) is 6.07 Å². The highest BCUT2D eigenvalue weighted by molar-refractivity contribution is 5.69. The highest BCUT2D eigenvalue weighted by Crippen LogP contribution is 2.28. The highest BCUT2D eigenvalue weighted by Gasteiger charge is 2.22. The van der Waals surface area contributed by atoms with Crippen LogP contribution in [0.15, 0.2) is 30.9 Å². The Hall–Kier alpha value is -2.81. The summed E-state index contributed by atoms with van der Waals surface area (Å²) < 4.78 is 4.90. The molecule has 0 radical (unpaired) electrons. The minimum Gasteiger partial charge on any atom is -0.383 e. The summed E-state index contributed by atoms with van der Waals surface area (Å²) in [6, 6.07) is 3.66. The maximum absolute atomic E-state index is 11.3. The van der Waals surface area contributed by atoms with E-state index in [0.717, 1.165) is 5.56 Å². The van der Waals surface area contributed by atoms with Gasteiger partial charge in [0, 0.05) is 32.6 Å². The van der Waals surface area contributed by atoms with E-state index in [4.69, 9.17) is 4.74 Å². The molecule has 0 fully saturated rings. The van der Waals surface area contributed by atoms with E-state index >= 15 is 0 Å². The van der Waals surface area contributed by atoms with Gasteiger partial charge in [-0.3, -0.25) is 15.1 Å². The molecule has 0 spiro atoms. The van der Waals surface area contributed by atoms with Crippen LogP contribution in [0.1, 0.15) is 5.56 Å². The molecule has 2 heterocycles. The molecule has 22 heavy (non-hydrogen) atoms. The number of ether oxygens (including phenoxy) is 1. The molecule has 0 amide bonds. The summed E-state index contributed by atoms with van der Waals surface area (Å²) in [6.07, 6.45) is 4.61. The van der Waals surface area contributed by atoms with Crippen LogP contribution in [-0.2, 0) is 11.3 Å². The van der Waals surface area contributed by atoms with Gasteiger partial charge in [0.15, 0.2) is 0 Å². The first kappa shape index (κ1) is 15.6. The fraction of sp³-hybridized carbons (Fsp3) is 0.308. The molecule has 0 atom stereocenters. The van der Waals surface area contributed by atoms with Gasteiger partial charge in [-0.15, -0.1) is 0 Å². The lowest BCUT2D eigenvalue weighted by Crippen LogP contribution is -2.13. The third kappa shape index (κ3) is 4.09. The zero-order valence-corrected chi connectivity index (χ0v) is 12.0. The van der Waals surface area contributed by atoms with Crippen molar-refractivity contribution in [2.45, 2.75) is 6.54 Å². The molecule has 0 bridgehead atoms. The van der Waals surface area contributed by atoms with E-state index in [1.165, 1.54) is 6.33 Å². The fourth-order valence-corrected chi connectivity index (χ4v) is 1.77. The lowest BCUT2D eigenvalue weighted by atomic mass is 10.3. The standard InChI is InChI=1S/C13H16N6O3/c1-22-6-5-15-12-11(19(20)21)13(18-9-17-12)16-8-10-3-2-4-14-7-10/h2-4,7,9H,5-6,8H2,1H3,(H2,15,16,17,18). The molecule has 9 heteroatoms. The topological polar surface area (TPSA) is 115 Å². The largest absolute Gasteiger partial charge is 0.383 e. The van der Waals surface area contributed by atoms with Crippen molar-refractivity contribution in [3.8, 4) is 0 Å². The fourth-order valence-electron chi connectivity index (χ4n) is 1.77. The molecule has 0 saturated carbocycles. The van der Waals surface area contributed by atoms with Crippen LogP contribution in [0.3, 0.4) is 0 Å². The van der Waals surface area contributed by atoms with Gasteiger partial charge in [-0.2, -0.15) is 0 Å². The SMILES string of the molecule is COCCNc1ncnc(NCc2cccnc2)c1[N+](=O)[O-]. The molecular formula is C13H16N6O3. The molecular weight excluding hydrogens is 288 g/mol. The van der Waals surface area contributed by atoms with E-state index in [-0.39, 0.29) is 17.3 Å². The van der Waals surface area contributed by atoms with Crippen molar-refractivity contribution >= 4 is 17.3 Å². The number of pyridine rings is 1. The first-order chi connectivity index (χ1) is 10.7. The lowest BCUT2D eigenvalue weighted by Gasteiger charge is -2.09. The van der Waals surface area contributed by atoms with Gasteiger partial charge in [0.25, 0.3) is 0 Å². The summed E-state index contributed by atoms with van der Waals surface area (Å²) in [7, 11) is 1.55. The number of anilines is 2. The summed E-state index contributed by atoms with van der Waals surface area (Å²) in [6.45, 7) is 1.21. The Morgan fingerprint density at radius 2 is 2.09 bits per heavy atom. The van der Waals surface area contributed by atoms with Crippen molar-refractivity contribution in [2.24, 2.45) is 0 Å². The molecule has 2 aromatic rings. The molecule has 2 rings (SSSR count). The number of hydrogen-bond donors (Lipinski definition) is 2. The van der Waals surface area contributed by atoms with Crippen LogP contribution >= 0.6 is 0 Å². The number of nitrogens with zero attached hydrogens (tertiary/aromatic N) is 4. The van der Waals surface area contributed by atoms with Gasteiger partial charge in [-0.05, 0) is 11.6 Å². The Balaban J connectivity index is 2.15. The molecule has 0 aliphatic rings. The molecule has 116 valence electrons. The third-order valence-electron chi connectivity index (χ3n) is 2.79. The van der Waals surface area contributed by atoms with Crippen molar-refractivity contribution in [1.29, 1.82) is 0 Å². The maximum Gasteiger partial charge on any atom is 0.353 e. The molecule has 0 aliphatic carbocycles. The van der Waals surface area contributed by atoms with Crippen LogP contribution < -0.4 is 10.6 Å². The zero-order chi connectivity index (χ0) is 15.8. The molecule has 9 nitrogen and oxygen atoms in total. The van der Waals surface area contributed by atoms with Gasteiger partial charge in [0.1, 0.15) is 6.33 Å². The van der Waals surface area contributed by atoms with Crippen LogP contribution in [0.4, 0.5) is 17.3 Å². The summed E-state index contributed by atoms with van der Waals surface area (Å²) >= 11 is 0. The van der Waals surface area contributed by atoms with Crippen molar-refractivity contribution in [2.75, 3.05) is 30.9 Å². The van der Waals surface area contributed by atoms with Crippen molar-refractivity contribution in [1.82, 2.24) is 15.0 Å². The first-order valence-corrected chi connectivity index (χ1v) is 6.57. The van der Waals surface area contributed by atoms with Crippen LogP contribution in [0.25, 0.3) is 0 Å². The van der Waals surface area contributed by atoms with Crippen molar-refractivity contribution in [3.05, 3.63) is 46.5 Å². The number of nitrogens with one attached hydrogen (secondary N) is 2. The van der Waals surface area contributed by atoms with Crippen molar-refractivity contribution in [3.63, 3.8) is 0 Å². The van der Waals surface area contributed by atoms with Gasteiger partial charge < -0.3 is 15.4 Å². The van der Waals surface area contributed by atoms with Crippen LogP contribution in [0.2, 0.25) is 0 Å². The Labute approximate surface area is 126 Å². The normalized spacial score (nSPS) is 10.2. The van der Waals surface area contributed by atoms with Gasteiger partial charge in [0.2, 0.25) is 11.6 Å². The van der Waals surface area contributed by atoms with Gasteiger partial charge >= 0.3 is 5.69 Å². The van der Waals surface area contributed by atoms with E-state index in [1.54, 1.807) is 25.6 Å². The minimum atomic E-state index is -0.513. The van der Waals surface area contributed by atoms with Gasteiger partial charge in [-0.1, -0.05) is 6.07 Å². The van der Waals surface area contributed by atoms with Crippen LogP contribution in [0.5, 0.6) is 0 Å². The summed E-state index contributed by atoms with van der Waals surface area (Å²) in [5.41, 5.74) is 0.701. The second-order valence-electron chi connectivity index (χ2n) is 4.31. The third-order valence-corrected chi connectivity index (χ3v) is 2.79. The molecule has 2 aromatic heterocycles.